The maximum atomic E-state index is 6.36. The van der Waals surface area contributed by atoms with Gasteiger partial charge in [0.2, 0.25) is 0 Å². The van der Waals surface area contributed by atoms with Gasteiger partial charge in [0.25, 0.3) is 0 Å². The van der Waals surface area contributed by atoms with E-state index >= 15 is 0 Å². The summed E-state index contributed by atoms with van der Waals surface area (Å²) in [6.45, 7) is 0. The van der Waals surface area contributed by atoms with Crippen molar-refractivity contribution in [3.63, 3.8) is 0 Å². The van der Waals surface area contributed by atoms with E-state index in [1.807, 2.05) is 12.3 Å². The van der Waals surface area contributed by atoms with E-state index in [0.717, 1.165) is 19.3 Å². The van der Waals surface area contributed by atoms with Crippen molar-refractivity contribution in [1.29, 1.82) is 0 Å². The molecule has 0 fully saturated rings. The highest BCUT2D eigenvalue weighted by Crippen LogP contribution is 2.28. The molecule has 2 nitrogen and oxygen atoms in total. The summed E-state index contributed by atoms with van der Waals surface area (Å²) in [5.74, 6) is 0.572. The molecule has 0 aliphatic heterocycles. The molecule has 1 unspecified atom stereocenters. The number of aromatic nitrogens is 1. The number of benzene rings is 1. The maximum absolute atomic E-state index is 6.36. The van der Waals surface area contributed by atoms with Crippen LogP contribution in [0.3, 0.4) is 0 Å². The molecule has 2 heteroatoms. The molecule has 3 rings (SSSR count). The van der Waals surface area contributed by atoms with Gasteiger partial charge in [-0.15, -0.1) is 0 Å². The van der Waals surface area contributed by atoms with Crippen LogP contribution >= 0.6 is 0 Å². The Hall–Kier alpha value is -1.67. The van der Waals surface area contributed by atoms with E-state index in [0.29, 0.717) is 5.92 Å². The SMILES string of the molecule is NC(Cc1cccnc1)C1Cc2ccccc2C1. The summed E-state index contributed by atoms with van der Waals surface area (Å²) >= 11 is 0. The van der Waals surface area contributed by atoms with Crippen molar-refractivity contribution >= 4 is 0 Å². The van der Waals surface area contributed by atoms with E-state index in [4.69, 9.17) is 5.73 Å². The van der Waals surface area contributed by atoms with Crippen LogP contribution < -0.4 is 5.73 Å². The van der Waals surface area contributed by atoms with Gasteiger partial charge in [-0.1, -0.05) is 30.3 Å². The van der Waals surface area contributed by atoms with E-state index in [1.165, 1.54) is 16.7 Å². The summed E-state index contributed by atoms with van der Waals surface area (Å²) in [6.07, 6.45) is 6.89. The Morgan fingerprint density at radius 3 is 2.44 bits per heavy atom. The first-order chi connectivity index (χ1) is 8.83. The van der Waals surface area contributed by atoms with E-state index < -0.39 is 0 Å². The standard InChI is InChI=1S/C16H18N2/c17-16(8-12-4-3-7-18-11-12)15-9-13-5-1-2-6-14(13)10-15/h1-7,11,15-16H,8-10,17H2. The molecule has 0 saturated carbocycles. The number of hydrogen-bond donors (Lipinski definition) is 1. The molecular formula is C16H18N2. The normalized spacial score (nSPS) is 16.5. The van der Waals surface area contributed by atoms with Crippen molar-refractivity contribution in [2.45, 2.75) is 25.3 Å². The highest BCUT2D eigenvalue weighted by Gasteiger charge is 2.26. The number of rotatable bonds is 3. The van der Waals surface area contributed by atoms with Gasteiger partial charge in [0.05, 0.1) is 0 Å². The number of nitrogens with zero attached hydrogens (tertiary/aromatic N) is 1. The first kappa shape index (κ1) is 11.4. The first-order valence-electron chi connectivity index (χ1n) is 6.54. The molecule has 18 heavy (non-hydrogen) atoms. The minimum atomic E-state index is 0.224. The third kappa shape index (κ3) is 2.29. The smallest absolute Gasteiger partial charge is 0.0300 e. The van der Waals surface area contributed by atoms with Crippen molar-refractivity contribution in [3.8, 4) is 0 Å². The van der Waals surface area contributed by atoms with Crippen LogP contribution in [0.5, 0.6) is 0 Å². The molecule has 1 aliphatic rings. The van der Waals surface area contributed by atoms with Gasteiger partial charge in [-0.05, 0) is 47.9 Å². The minimum absolute atomic E-state index is 0.224. The maximum Gasteiger partial charge on any atom is 0.0300 e. The van der Waals surface area contributed by atoms with E-state index in [2.05, 4.69) is 35.3 Å². The van der Waals surface area contributed by atoms with Crippen LogP contribution in [0.15, 0.2) is 48.8 Å². The van der Waals surface area contributed by atoms with Gasteiger partial charge in [0, 0.05) is 18.4 Å². The summed E-state index contributed by atoms with van der Waals surface area (Å²) in [4.78, 5) is 4.15. The van der Waals surface area contributed by atoms with Crippen molar-refractivity contribution in [2.75, 3.05) is 0 Å². The molecule has 0 spiro atoms. The van der Waals surface area contributed by atoms with Crippen LogP contribution in [0, 0.1) is 5.92 Å². The van der Waals surface area contributed by atoms with E-state index in [-0.39, 0.29) is 6.04 Å². The Morgan fingerprint density at radius 1 is 1.11 bits per heavy atom. The Labute approximate surface area is 108 Å². The van der Waals surface area contributed by atoms with Crippen molar-refractivity contribution in [1.82, 2.24) is 4.98 Å². The second kappa shape index (κ2) is 4.91. The lowest BCUT2D eigenvalue weighted by atomic mass is 9.92. The molecule has 0 amide bonds. The van der Waals surface area contributed by atoms with Crippen LogP contribution in [0.2, 0.25) is 0 Å². The largest absolute Gasteiger partial charge is 0.327 e. The Bertz CT molecular complexity index is 497. The summed E-state index contributed by atoms with van der Waals surface area (Å²) in [5.41, 5.74) is 10.6. The molecule has 92 valence electrons. The lowest BCUT2D eigenvalue weighted by Crippen LogP contribution is -2.32. The zero-order valence-corrected chi connectivity index (χ0v) is 10.4. The molecule has 1 aliphatic carbocycles. The number of hydrogen-bond acceptors (Lipinski definition) is 2. The monoisotopic (exact) mass is 238 g/mol. The Morgan fingerprint density at radius 2 is 1.83 bits per heavy atom. The molecule has 0 radical (unpaired) electrons. The number of fused-ring (bicyclic) bond motifs is 1. The van der Waals surface area contributed by atoms with Gasteiger partial charge in [-0.25, -0.2) is 0 Å². The van der Waals surface area contributed by atoms with Crippen molar-refractivity contribution in [2.24, 2.45) is 11.7 Å². The van der Waals surface area contributed by atoms with Gasteiger partial charge in [0.15, 0.2) is 0 Å². The average molecular weight is 238 g/mol. The third-order valence-electron chi connectivity index (χ3n) is 3.88. The predicted octanol–water partition coefficient (Wildman–Crippen LogP) is 2.37. The lowest BCUT2D eigenvalue weighted by molar-refractivity contribution is 0.437. The zero-order chi connectivity index (χ0) is 12.4. The Kier molecular flexibility index (Phi) is 3.11. The van der Waals surface area contributed by atoms with Gasteiger partial charge < -0.3 is 5.73 Å². The fourth-order valence-corrected chi connectivity index (χ4v) is 2.85. The van der Waals surface area contributed by atoms with Crippen LogP contribution in [0.25, 0.3) is 0 Å². The number of nitrogens with two attached hydrogens (primary N) is 1. The molecule has 1 aromatic heterocycles. The van der Waals surface area contributed by atoms with Gasteiger partial charge in [-0.3, -0.25) is 4.98 Å². The average Bonchev–Trinajstić information content (AvgIpc) is 2.84. The van der Waals surface area contributed by atoms with Gasteiger partial charge in [-0.2, -0.15) is 0 Å². The quantitative estimate of drug-likeness (QED) is 0.891. The molecule has 0 saturated heterocycles. The molecule has 1 heterocycles. The molecule has 2 N–H and O–H groups in total. The molecule has 1 atom stereocenters. The second-order valence-corrected chi connectivity index (χ2v) is 5.17. The molecule has 1 aromatic carbocycles. The topological polar surface area (TPSA) is 38.9 Å². The second-order valence-electron chi connectivity index (χ2n) is 5.17. The van der Waals surface area contributed by atoms with Crippen molar-refractivity contribution in [3.05, 3.63) is 65.5 Å². The molecular weight excluding hydrogens is 220 g/mol. The van der Waals surface area contributed by atoms with E-state index in [1.54, 1.807) is 6.20 Å². The molecule has 2 aromatic rings. The summed E-state index contributed by atoms with van der Waals surface area (Å²) < 4.78 is 0. The number of pyridine rings is 1. The fourth-order valence-electron chi connectivity index (χ4n) is 2.85. The summed E-state index contributed by atoms with van der Waals surface area (Å²) in [7, 11) is 0. The van der Waals surface area contributed by atoms with Crippen LogP contribution in [-0.2, 0) is 19.3 Å². The Balaban J connectivity index is 1.67. The van der Waals surface area contributed by atoms with Crippen LogP contribution in [-0.4, -0.2) is 11.0 Å². The highest BCUT2D eigenvalue weighted by molar-refractivity contribution is 5.32. The van der Waals surface area contributed by atoms with E-state index in [9.17, 15) is 0 Å². The first-order valence-corrected chi connectivity index (χ1v) is 6.54. The predicted molar refractivity (Wildman–Crippen MR) is 73.3 cm³/mol. The fraction of sp³-hybridized carbons (Fsp3) is 0.312. The lowest BCUT2D eigenvalue weighted by Gasteiger charge is -2.18. The van der Waals surface area contributed by atoms with Gasteiger partial charge in [0.1, 0.15) is 0 Å². The van der Waals surface area contributed by atoms with Gasteiger partial charge >= 0.3 is 0 Å². The summed E-state index contributed by atoms with van der Waals surface area (Å²) in [6, 6.07) is 13.0. The molecule has 0 bridgehead atoms. The zero-order valence-electron chi connectivity index (χ0n) is 10.4. The van der Waals surface area contributed by atoms with Crippen molar-refractivity contribution < 1.29 is 0 Å². The third-order valence-corrected chi connectivity index (χ3v) is 3.88. The highest BCUT2D eigenvalue weighted by atomic mass is 14.7. The summed E-state index contributed by atoms with van der Waals surface area (Å²) in [5, 5.41) is 0. The van der Waals surface area contributed by atoms with Crippen LogP contribution in [0.4, 0.5) is 0 Å². The van der Waals surface area contributed by atoms with Crippen LogP contribution in [0.1, 0.15) is 16.7 Å². The minimum Gasteiger partial charge on any atom is -0.327 e.